The Morgan fingerprint density at radius 2 is 2.10 bits per heavy atom. The number of carbonyl (C=O) groups is 1. The molecule has 0 saturated heterocycles. The Morgan fingerprint density at radius 1 is 1.33 bits per heavy atom. The van der Waals surface area contributed by atoms with Crippen LogP contribution in [0.4, 0.5) is 11.5 Å². The van der Waals surface area contributed by atoms with Crippen LogP contribution in [0, 0.1) is 6.92 Å². The molecule has 0 amide bonds. The molecule has 0 saturated carbocycles. The van der Waals surface area contributed by atoms with E-state index in [-0.39, 0.29) is 5.56 Å². The summed E-state index contributed by atoms with van der Waals surface area (Å²) in [5, 5.41) is 12.4. The quantitative estimate of drug-likeness (QED) is 0.832. The van der Waals surface area contributed by atoms with Crippen LogP contribution in [0.5, 0.6) is 0 Å². The van der Waals surface area contributed by atoms with E-state index in [2.05, 4.69) is 26.2 Å². The van der Waals surface area contributed by atoms with Crippen molar-refractivity contribution < 1.29 is 9.90 Å². The van der Waals surface area contributed by atoms with E-state index in [0.717, 1.165) is 34.3 Å². The standard InChI is InChI=1S/C16H17BrN2O2/c1-3-4-12-8-11(16(20)21)9-15(18-12)19-14-7-10(2)5-6-13(14)17/h5-9H,3-4H2,1-2H3,(H,18,19)(H,20,21). The molecule has 1 aromatic heterocycles. The summed E-state index contributed by atoms with van der Waals surface area (Å²) in [5.74, 6) is -0.397. The van der Waals surface area contributed by atoms with Gasteiger partial charge in [-0.25, -0.2) is 9.78 Å². The average Bonchev–Trinajstić information content (AvgIpc) is 2.43. The van der Waals surface area contributed by atoms with Gasteiger partial charge in [0.15, 0.2) is 0 Å². The minimum atomic E-state index is -0.943. The summed E-state index contributed by atoms with van der Waals surface area (Å²) in [6.07, 6.45) is 1.68. The number of halogens is 1. The van der Waals surface area contributed by atoms with Crippen molar-refractivity contribution in [1.29, 1.82) is 0 Å². The van der Waals surface area contributed by atoms with E-state index in [1.54, 1.807) is 12.1 Å². The molecule has 2 aromatic rings. The van der Waals surface area contributed by atoms with Gasteiger partial charge in [0.25, 0.3) is 0 Å². The summed E-state index contributed by atoms with van der Waals surface area (Å²) in [4.78, 5) is 15.7. The number of benzene rings is 1. The number of rotatable bonds is 5. The minimum Gasteiger partial charge on any atom is -0.478 e. The van der Waals surface area contributed by atoms with Crippen LogP contribution in [-0.4, -0.2) is 16.1 Å². The van der Waals surface area contributed by atoms with E-state index in [9.17, 15) is 9.90 Å². The summed E-state index contributed by atoms with van der Waals surface area (Å²) in [5.41, 5.74) is 3.01. The zero-order chi connectivity index (χ0) is 15.4. The Kier molecular flexibility index (Phi) is 4.96. The number of anilines is 2. The summed E-state index contributed by atoms with van der Waals surface area (Å²) in [7, 11) is 0. The first-order chi connectivity index (χ1) is 9.99. The lowest BCUT2D eigenvalue weighted by atomic mass is 10.1. The van der Waals surface area contributed by atoms with Crippen LogP contribution in [0.15, 0.2) is 34.8 Å². The number of aromatic carboxylic acids is 1. The highest BCUT2D eigenvalue weighted by Crippen LogP contribution is 2.26. The van der Waals surface area contributed by atoms with Gasteiger partial charge in [0, 0.05) is 10.2 Å². The molecule has 0 aliphatic heterocycles. The zero-order valence-electron chi connectivity index (χ0n) is 12.0. The Hall–Kier alpha value is -1.88. The Morgan fingerprint density at radius 3 is 2.76 bits per heavy atom. The second kappa shape index (κ2) is 6.72. The van der Waals surface area contributed by atoms with E-state index < -0.39 is 5.97 Å². The predicted octanol–water partition coefficient (Wildman–Crippen LogP) is 4.55. The van der Waals surface area contributed by atoms with Crippen molar-refractivity contribution in [2.45, 2.75) is 26.7 Å². The van der Waals surface area contributed by atoms with E-state index in [0.29, 0.717) is 5.82 Å². The average molecular weight is 349 g/mol. The number of nitrogens with zero attached hydrogens (tertiary/aromatic N) is 1. The lowest BCUT2D eigenvalue weighted by molar-refractivity contribution is 0.0696. The van der Waals surface area contributed by atoms with Gasteiger partial charge < -0.3 is 10.4 Å². The molecule has 0 aliphatic rings. The first kappa shape index (κ1) is 15.5. The first-order valence-electron chi connectivity index (χ1n) is 6.77. The number of pyridine rings is 1. The van der Waals surface area contributed by atoms with E-state index >= 15 is 0 Å². The van der Waals surface area contributed by atoms with Crippen molar-refractivity contribution in [3.05, 3.63) is 51.6 Å². The monoisotopic (exact) mass is 348 g/mol. The second-order valence-corrected chi connectivity index (χ2v) is 5.75. The maximum Gasteiger partial charge on any atom is 0.335 e. The Labute approximate surface area is 132 Å². The van der Waals surface area contributed by atoms with Gasteiger partial charge in [-0.1, -0.05) is 19.4 Å². The molecule has 1 heterocycles. The van der Waals surface area contributed by atoms with E-state index in [1.807, 2.05) is 32.0 Å². The van der Waals surface area contributed by atoms with Gasteiger partial charge in [-0.15, -0.1) is 0 Å². The van der Waals surface area contributed by atoms with E-state index in [1.165, 1.54) is 0 Å². The summed E-state index contributed by atoms with van der Waals surface area (Å²) >= 11 is 3.48. The van der Waals surface area contributed by atoms with Crippen molar-refractivity contribution in [1.82, 2.24) is 4.98 Å². The molecule has 0 spiro atoms. The van der Waals surface area contributed by atoms with Crippen LogP contribution in [0.3, 0.4) is 0 Å². The Bertz CT molecular complexity index is 671. The minimum absolute atomic E-state index is 0.250. The highest BCUT2D eigenvalue weighted by Gasteiger charge is 2.09. The summed E-state index contributed by atoms with van der Waals surface area (Å²) in [6.45, 7) is 4.04. The molecule has 5 heteroatoms. The third kappa shape index (κ3) is 4.04. The molecule has 1 aromatic carbocycles. The number of aromatic nitrogens is 1. The molecule has 0 aliphatic carbocycles. The van der Waals surface area contributed by atoms with Crippen molar-refractivity contribution in [3.8, 4) is 0 Å². The van der Waals surface area contributed by atoms with Crippen molar-refractivity contribution in [2.75, 3.05) is 5.32 Å². The lowest BCUT2D eigenvalue weighted by Gasteiger charge is -2.11. The number of carboxylic acids is 1. The fourth-order valence-electron chi connectivity index (χ4n) is 2.03. The highest BCUT2D eigenvalue weighted by molar-refractivity contribution is 9.10. The topological polar surface area (TPSA) is 62.2 Å². The molecule has 0 fully saturated rings. The van der Waals surface area contributed by atoms with Crippen LogP contribution in [0.25, 0.3) is 0 Å². The maximum atomic E-state index is 11.2. The van der Waals surface area contributed by atoms with Gasteiger partial charge in [-0.2, -0.15) is 0 Å². The van der Waals surface area contributed by atoms with Gasteiger partial charge >= 0.3 is 5.97 Å². The van der Waals surface area contributed by atoms with Gasteiger partial charge in [0.05, 0.1) is 11.3 Å². The molecule has 0 radical (unpaired) electrons. The third-order valence-corrected chi connectivity index (χ3v) is 3.71. The second-order valence-electron chi connectivity index (χ2n) is 4.90. The number of carboxylic acid groups (broad SMARTS) is 1. The molecule has 0 bridgehead atoms. The molecule has 2 N–H and O–H groups in total. The van der Waals surface area contributed by atoms with Crippen LogP contribution in [0.1, 0.15) is 35.0 Å². The van der Waals surface area contributed by atoms with Crippen molar-refractivity contribution in [3.63, 3.8) is 0 Å². The summed E-state index contributed by atoms with van der Waals surface area (Å²) in [6, 6.07) is 9.11. The van der Waals surface area contributed by atoms with Gasteiger partial charge in [0.1, 0.15) is 5.82 Å². The first-order valence-corrected chi connectivity index (χ1v) is 7.56. The molecule has 110 valence electrons. The predicted molar refractivity (Wildman–Crippen MR) is 87.4 cm³/mol. The third-order valence-electron chi connectivity index (χ3n) is 3.02. The summed E-state index contributed by atoms with van der Waals surface area (Å²) < 4.78 is 0.910. The maximum absolute atomic E-state index is 11.2. The number of aryl methyl sites for hydroxylation is 2. The largest absolute Gasteiger partial charge is 0.478 e. The molecular formula is C16H17BrN2O2. The van der Waals surface area contributed by atoms with Crippen LogP contribution in [-0.2, 0) is 6.42 Å². The van der Waals surface area contributed by atoms with Crippen LogP contribution in [0.2, 0.25) is 0 Å². The van der Waals surface area contributed by atoms with Crippen molar-refractivity contribution in [2.24, 2.45) is 0 Å². The molecule has 21 heavy (non-hydrogen) atoms. The van der Waals surface area contributed by atoms with Gasteiger partial charge in [-0.3, -0.25) is 0 Å². The zero-order valence-corrected chi connectivity index (χ0v) is 13.6. The normalized spacial score (nSPS) is 10.4. The van der Waals surface area contributed by atoms with E-state index in [4.69, 9.17) is 0 Å². The smallest absolute Gasteiger partial charge is 0.335 e. The SMILES string of the molecule is CCCc1cc(C(=O)O)cc(Nc2cc(C)ccc2Br)n1. The molecule has 0 atom stereocenters. The Balaban J connectivity index is 2.38. The molecule has 4 nitrogen and oxygen atoms in total. The molecule has 2 rings (SSSR count). The molecular weight excluding hydrogens is 332 g/mol. The fraction of sp³-hybridized carbons (Fsp3) is 0.250. The number of hydrogen-bond donors (Lipinski definition) is 2. The van der Waals surface area contributed by atoms with Gasteiger partial charge in [-0.05, 0) is 59.1 Å². The van der Waals surface area contributed by atoms with Crippen LogP contribution >= 0.6 is 15.9 Å². The number of nitrogens with one attached hydrogen (secondary N) is 1. The number of hydrogen-bond acceptors (Lipinski definition) is 3. The highest BCUT2D eigenvalue weighted by atomic mass is 79.9. The van der Waals surface area contributed by atoms with Gasteiger partial charge in [0.2, 0.25) is 0 Å². The van der Waals surface area contributed by atoms with Crippen LogP contribution < -0.4 is 5.32 Å². The fourth-order valence-corrected chi connectivity index (χ4v) is 2.38. The lowest BCUT2D eigenvalue weighted by Crippen LogP contribution is -2.04. The molecule has 0 unspecified atom stereocenters. The van der Waals surface area contributed by atoms with Crippen molar-refractivity contribution >= 4 is 33.4 Å².